The van der Waals surface area contributed by atoms with Gasteiger partial charge in [-0.2, -0.15) is 5.26 Å². The van der Waals surface area contributed by atoms with Crippen molar-refractivity contribution >= 4 is 22.2 Å². The van der Waals surface area contributed by atoms with Gasteiger partial charge in [0.2, 0.25) is 0 Å². The predicted molar refractivity (Wildman–Crippen MR) is 86.9 cm³/mol. The smallest absolute Gasteiger partial charge is 0.134 e. The highest BCUT2D eigenvalue weighted by Gasteiger charge is 2.29. The molecule has 112 valence electrons. The van der Waals surface area contributed by atoms with Crippen LogP contribution in [0.5, 0.6) is 0 Å². The van der Waals surface area contributed by atoms with Gasteiger partial charge in [-0.15, -0.1) is 11.3 Å². The molecule has 1 aliphatic heterocycles. The van der Waals surface area contributed by atoms with Gasteiger partial charge in [-0.1, -0.05) is 0 Å². The molecule has 2 aromatic rings. The second-order valence-corrected chi connectivity index (χ2v) is 7.16. The zero-order chi connectivity index (χ0) is 15.3. The zero-order valence-corrected chi connectivity index (χ0v) is 13.3. The van der Waals surface area contributed by atoms with Crippen LogP contribution in [-0.2, 0) is 13.0 Å². The largest absolute Gasteiger partial charge is 0.389 e. The maximum atomic E-state index is 9.23. The average Bonchev–Trinajstić information content (AvgIpc) is 3.29. The number of nitriles is 1. The van der Waals surface area contributed by atoms with E-state index in [9.17, 15) is 5.26 Å². The number of anilines is 2. The molecule has 0 radical (unpaired) electrons. The van der Waals surface area contributed by atoms with Gasteiger partial charge in [-0.25, -0.2) is 9.97 Å². The lowest BCUT2D eigenvalue weighted by Crippen LogP contribution is -2.30. The highest BCUT2D eigenvalue weighted by molar-refractivity contribution is 7.16. The number of thiophene rings is 1. The standard InChI is InChI=1S/C16H17N5S/c1-9-6-14(20-16(19-9)10-2-3-10)21-5-4-11-12(7-17)15(18)22-13(11)8-21/h6,10H,2-5,8,18H2,1H3. The van der Waals surface area contributed by atoms with Gasteiger partial charge in [0.25, 0.3) is 0 Å². The van der Waals surface area contributed by atoms with Crippen LogP contribution < -0.4 is 10.6 Å². The van der Waals surface area contributed by atoms with Crippen molar-refractivity contribution in [2.45, 2.75) is 38.6 Å². The van der Waals surface area contributed by atoms with E-state index >= 15 is 0 Å². The summed E-state index contributed by atoms with van der Waals surface area (Å²) in [4.78, 5) is 12.8. The highest BCUT2D eigenvalue weighted by atomic mass is 32.1. The van der Waals surface area contributed by atoms with Gasteiger partial charge < -0.3 is 10.6 Å². The summed E-state index contributed by atoms with van der Waals surface area (Å²) in [6, 6.07) is 4.30. The molecule has 1 fully saturated rings. The Kier molecular flexibility index (Phi) is 3.05. The van der Waals surface area contributed by atoms with Gasteiger partial charge in [0.1, 0.15) is 22.7 Å². The minimum Gasteiger partial charge on any atom is -0.389 e. The van der Waals surface area contributed by atoms with E-state index in [0.29, 0.717) is 16.5 Å². The second-order valence-electron chi connectivity index (χ2n) is 6.03. The molecule has 3 heterocycles. The molecule has 2 aliphatic rings. The summed E-state index contributed by atoms with van der Waals surface area (Å²) in [6.07, 6.45) is 3.27. The van der Waals surface area contributed by atoms with Crippen LogP contribution in [0.2, 0.25) is 0 Å². The normalized spacial score (nSPS) is 17.2. The first-order valence-electron chi connectivity index (χ1n) is 7.56. The first-order valence-corrected chi connectivity index (χ1v) is 8.38. The fraction of sp³-hybridized carbons (Fsp3) is 0.438. The lowest BCUT2D eigenvalue weighted by Gasteiger charge is -2.28. The van der Waals surface area contributed by atoms with Crippen molar-refractivity contribution in [3.63, 3.8) is 0 Å². The summed E-state index contributed by atoms with van der Waals surface area (Å²) in [7, 11) is 0. The Morgan fingerprint density at radius 2 is 2.23 bits per heavy atom. The van der Waals surface area contributed by atoms with E-state index in [1.54, 1.807) is 0 Å². The zero-order valence-electron chi connectivity index (χ0n) is 12.5. The molecule has 6 heteroatoms. The van der Waals surface area contributed by atoms with Crippen LogP contribution in [0.15, 0.2) is 6.07 Å². The maximum Gasteiger partial charge on any atom is 0.134 e. The summed E-state index contributed by atoms with van der Waals surface area (Å²) in [5.41, 5.74) is 8.80. The first-order chi connectivity index (χ1) is 10.7. The van der Waals surface area contributed by atoms with Crippen molar-refractivity contribution < 1.29 is 0 Å². The van der Waals surface area contributed by atoms with Crippen molar-refractivity contribution in [2.24, 2.45) is 0 Å². The number of nitrogen functional groups attached to an aromatic ring is 1. The summed E-state index contributed by atoms with van der Waals surface area (Å²) in [6.45, 7) is 3.69. The van der Waals surface area contributed by atoms with Crippen molar-refractivity contribution in [3.8, 4) is 6.07 Å². The summed E-state index contributed by atoms with van der Waals surface area (Å²) >= 11 is 1.54. The van der Waals surface area contributed by atoms with E-state index in [1.165, 1.54) is 29.1 Å². The van der Waals surface area contributed by atoms with Crippen molar-refractivity contribution in [2.75, 3.05) is 17.2 Å². The van der Waals surface area contributed by atoms with E-state index in [2.05, 4.69) is 22.0 Å². The number of nitrogens with two attached hydrogens (primary N) is 1. The minimum absolute atomic E-state index is 0.557. The summed E-state index contributed by atoms with van der Waals surface area (Å²) < 4.78 is 0. The molecular formula is C16H17N5S. The summed E-state index contributed by atoms with van der Waals surface area (Å²) in [5.74, 6) is 2.55. The van der Waals surface area contributed by atoms with Crippen LogP contribution in [0.1, 0.15) is 46.3 Å². The number of aromatic nitrogens is 2. The molecule has 0 saturated heterocycles. The van der Waals surface area contributed by atoms with Crippen LogP contribution in [0, 0.1) is 18.3 Å². The molecule has 1 saturated carbocycles. The van der Waals surface area contributed by atoms with Gasteiger partial charge >= 0.3 is 0 Å². The number of nitrogens with zero attached hydrogens (tertiary/aromatic N) is 4. The van der Waals surface area contributed by atoms with Gasteiger partial charge in [0, 0.05) is 29.1 Å². The van der Waals surface area contributed by atoms with Crippen molar-refractivity contribution in [1.82, 2.24) is 9.97 Å². The molecule has 0 spiro atoms. The van der Waals surface area contributed by atoms with Crippen LogP contribution in [0.3, 0.4) is 0 Å². The molecule has 4 rings (SSSR count). The van der Waals surface area contributed by atoms with Crippen LogP contribution in [0.25, 0.3) is 0 Å². The third-order valence-electron chi connectivity index (χ3n) is 4.32. The first kappa shape index (κ1) is 13.5. The molecule has 0 aromatic carbocycles. The van der Waals surface area contributed by atoms with Gasteiger partial charge in [-0.05, 0) is 31.7 Å². The lowest BCUT2D eigenvalue weighted by molar-refractivity contribution is 0.722. The SMILES string of the molecule is Cc1cc(N2CCc3c(sc(N)c3C#N)C2)nc(C2CC2)n1. The van der Waals surface area contributed by atoms with Crippen LogP contribution in [-0.4, -0.2) is 16.5 Å². The monoisotopic (exact) mass is 311 g/mol. The molecule has 1 aliphatic carbocycles. The van der Waals surface area contributed by atoms with E-state index in [4.69, 9.17) is 10.7 Å². The van der Waals surface area contributed by atoms with Crippen LogP contribution in [0.4, 0.5) is 10.8 Å². The molecule has 0 amide bonds. The van der Waals surface area contributed by atoms with Gasteiger partial charge in [0.05, 0.1) is 12.1 Å². The summed E-state index contributed by atoms with van der Waals surface area (Å²) in [5, 5.41) is 9.87. The molecule has 0 bridgehead atoms. The third-order valence-corrected chi connectivity index (χ3v) is 5.37. The quantitative estimate of drug-likeness (QED) is 0.922. The molecule has 2 aromatic heterocycles. The molecular weight excluding hydrogens is 294 g/mol. The minimum atomic E-state index is 0.557. The number of rotatable bonds is 2. The highest BCUT2D eigenvalue weighted by Crippen LogP contribution is 2.39. The second kappa shape index (κ2) is 4.96. The number of aryl methyl sites for hydroxylation is 1. The molecule has 0 atom stereocenters. The Bertz CT molecular complexity index is 785. The van der Waals surface area contributed by atoms with Crippen LogP contribution >= 0.6 is 11.3 Å². The van der Waals surface area contributed by atoms with E-state index in [0.717, 1.165) is 42.4 Å². The Morgan fingerprint density at radius 1 is 1.41 bits per heavy atom. The van der Waals surface area contributed by atoms with Gasteiger partial charge in [0.15, 0.2) is 0 Å². The average molecular weight is 311 g/mol. The van der Waals surface area contributed by atoms with E-state index in [1.807, 2.05) is 6.92 Å². The Balaban J connectivity index is 1.66. The number of hydrogen-bond donors (Lipinski definition) is 1. The molecule has 2 N–H and O–H groups in total. The Morgan fingerprint density at radius 3 is 2.95 bits per heavy atom. The van der Waals surface area contributed by atoms with Gasteiger partial charge in [-0.3, -0.25) is 0 Å². The maximum absolute atomic E-state index is 9.23. The predicted octanol–water partition coefficient (Wildman–Crippen LogP) is 2.74. The number of hydrogen-bond acceptors (Lipinski definition) is 6. The fourth-order valence-electron chi connectivity index (χ4n) is 3.00. The van der Waals surface area contributed by atoms with Crippen molar-refractivity contribution in [3.05, 3.63) is 33.6 Å². The lowest BCUT2D eigenvalue weighted by atomic mass is 10.0. The van der Waals surface area contributed by atoms with Crippen molar-refractivity contribution in [1.29, 1.82) is 5.26 Å². The fourth-order valence-corrected chi connectivity index (χ4v) is 4.09. The van der Waals surface area contributed by atoms with E-state index < -0.39 is 0 Å². The molecule has 22 heavy (non-hydrogen) atoms. The topological polar surface area (TPSA) is 78.8 Å². The Labute approximate surface area is 133 Å². The molecule has 5 nitrogen and oxygen atoms in total. The number of fused-ring (bicyclic) bond motifs is 1. The Hall–Kier alpha value is -2.13. The molecule has 0 unspecified atom stereocenters. The van der Waals surface area contributed by atoms with E-state index in [-0.39, 0.29) is 0 Å². The third kappa shape index (κ3) is 2.22.